The van der Waals surface area contributed by atoms with Gasteiger partial charge in [-0.15, -0.1) is 0 Å². The summed E-state index contributed by atoms with van der Waals surface area (Å²) in [6, 6.07) is -0.627. The number of hydrogen-bond donors (Lipinski definition) is 3. The van der Waals surface area contributed by atoms with Gasteiger partial charge in [0.1, 0.15) is 0 Å². The molecule has 2 atom stereocenters. The second kappa shape index (κ2) is 75.1. The largest absolute Gasteiger partial charge is 0.466 e. The van der Waals surface area contributed by atoms with Gasteiger partial charge in [0.15, 0.2) is 0 Å². The summed E-state index contributed by atoms with van der Waals surface area (Å²) >= 11 is 0. The van der Waals surface area contributed by atoms with Gasteiger partial charge < -0.3 is 20.3 Å². The van der Waals surface area contributed by atoms with Crippen LogP contribution in [0.15, 0.2) is 12.2 Å². The molecular formula is C79H155NO5. The molecular weight excluding hydrogens is 1040 g/mol. The normalized spacial score (nSPS) is 12.5. The zero-order chi connectivity index (χ0) is 61.3. The van der Waals surface area contributed by atoms with Crippen molar-refractivity contribution < 1.29 is 24.5 Å². The van der Waals surface area contributed by atoms with E-state index in [1.165, 1.54) is 392 Å². The van der Waals surface area contributed by atoms with E-state index in [2.05, 4.69) is 19.2 Å². The quantitative estimate of drug-likeness (QED) is 0.0320. The zero-order valence-corrected chi connectivity index (χ0v) is 58.1. The number of amides is 1. The Bertz CT molecular complexity index is 1290. The fraction of sp³-hybridized carbons (Fsp3) is 0.949. The van der Waals surface area contributed by atoms with Crippen LogP contribution in [0.2, 0.25) is 0 Å². The van der Waals surface area contributed by atoms with E-state index >= 15 is 0 Å². The summed E-state index contributed by atoms with van der Waals surface area (Å²) in [5.41, 5.74) is 0. The molecule has 0 fully saturated rings. The summed E-state index contributed by atoms with van der Waals surface area (Å²) in [7, 11) is 0. The Hall–Kier alpha value is -1.40. The molecule has 0 spiro atoms. The van der Waals surface area contributed by atoms with E-state index in [0.29, 0.717) is 19.4 Å². The maximum absolute atomic E-state index is 12.6. The van der Waals surface area contributed by atoms with Crippen LogP contribution in [0.1, 0.15) is 457 Å². The van der Waals surface area contributed by atoms with Gasteiger partial charge in [0.25, 0.3) is 0 Å². The minimum Gasteiger partial charge on any atom is -0.466 e. The number of allylic oxidation sites excluding steroid dienone is 1. The van der Waals surface area contributed by atoms with Gasteiger partial charge in [-0.3, -0.25) is 9.59 Å². The molecule has 2 unspecified atom stereocenters. The molecule has 0 aromatic heterocycles. The highest BCUT2D eigenvalue weighted by Gasteiger charge is 2.18. The Balaban J connectivity index is 3.36. The first-order valence-electron chi connectivity index (χ1n) is 39.5. The number of hydrogen-bond acceptors (Lipinski definition) is 5. The number of unbranched alkanes of at least 4 members (excludes halogenated alkanes) is 64. The molecule has 0 radical (unpaired) electrons. The second-order valence-electron chi connectivity index (χ2n) is 27.4. The Kier molecular flexibility index (Phi) is 73.8. The molecule has 85 heavy (non-hydrogen) atoms. The van der Waals surface area contributed by atoms with Gasteiger partial charge >= 0.3 is 5.97 Å². The number of nitrogens with one attached hydrogen (secondary N) is 1. The second-order valence-corrected chi connectivity index (χ2v) is 27.4. The molecule has 6 nitrogen and oxygen atoms in total. The molecule has 0 saturated heterocycles. The van der Waals surface area contributed by atoms with Gasteiger partial charge in [-0.05, 0) is 32.1 Å². The van der Waals surface area contributed by atoms with Crippen molar-refractivity contribution in [3.05, 3.63) is 12.2 Å². The lowest BCUT2D eigenvalue weighted by Crippen LogP contribution is -2.45. The molecule has 0 heterocycles. The van der Waals surface area contributed by atoms with Crippen LogP contribution in [-0.4, -0.2) is 47.4 Å². The minimum absolute atomic E-state index is 0.0223. The molecule has 0 aromatic rings. The van der Waals surface area contributed by atoms with Crippen LogP contribution >= 0.6 is 0 Å². The van der Waals surface area contributed by atoms with Crippen LogP contribution in [0, 0.1) is 0 Å². The van der Waals surface area contributed by atoms with Crippen molar-refractivity contribution in [2.75, 3.05) is 13.2 Å². The number of aliphatic hydroxyl groups excluding tert-OH is 2. The predicted octanol–water partition coefficient (Wildman–Crippen LogP) is 25.9. The third-order valence-corrected chi connectivity index (χ3v) is 18.8. The third kappa shape index (κ3) is 71.6. The highest BCUT2D eigenvalue weighted by atomic mass is 16.5. The van der Waals surface area contributed by atoms with Crippen LogP contribution in [-0.2, 0) is 14.3 Å². The summed E-state index contributed by atoms with van der Waals surface area (Å²) in [6.45, 7) is 4.97. The molecule has 0 aromatic carbocycles. The lowest BCUT2D eigenvalue weighted by Gasteiger charge is -2.20. The molecule has 0 rings (SSSR count). The number of ether oxygens (including phenoxy) is 1. The average molecular weight is 1200 g/mol. The van der Waals surface area contributed by atoms with Gasteiger partial charge in [-0.1, -0.05) is 424 Å². The first-order valence-corrected chi connectivity index (χ1v) is 39.5. The van der Waals surface area contributed by atoms with E-state index in [1.54, 1.807) is 6.08 Å². The molecule has 0 aliphatic rings. The summed E-state index contributed by atoms with van der Waals surface area (Å²) in [4.78, 5) is 24.7. The van der Waals surface area contributed by atoms with Crippen molar-refractivity contribution in [3.63, 3.8) is 0 Å². The fourth-order valence-corrected chi connectivity index (χ4v) is 12.8. The van der Waals surface area contributed by atoms with Gasteiger partial charge in [0.05, 0.1) is 25.4 Å². The monoisotopic (exact) mass is 1200 g/mol. The van der Waals surface area contributed by atoms with E-state index in [4.69, 9.17) is 4.74 Å². The Morgan fingerprint density at radius 3 is 0.800 bits per heavy atom. The summed E-state index contributed by atoms with van der Waals surface area (Å²) in [5.74, 6) is -0.0375. The van der Waals surface area contributed by atoms with Gasteiger partial charge in [-0.2, -0.15) is 0 Å². The lowest BCUT2D eigenvalue weighted by atomic mass is 10.0. The summed E-state index contributed by atoms with van der Waals surface area (Å²) in [6.07, 6.45) is 94.7. The van der Waals surface area contributed by atoms with Crippen LogP contribution in [0.5, 0.6) is 0 Å². The van der Waals surface area contributed by atoms with E-state index in [9.17, 15) is 19.8 Å². The number of aliphatic hydroxyl groups is 2. The third-order valence-electron chi connectivity index (χ3n) is 18.8. The first kappa shape index (κ1) is 83.6. The average Bonchev–Trinajstić information content (AvgIpc) is 3.51. The standard InChI is InChI=1S/C79H155NO5/c1-3-5-7-9-11-13-15-17-19-21-22-23-24-27-30-33-36-40-43-47-51-55-59-63-67-71-77(82)76(75-81)80-78(83)72-68-64-60-56-52-48-44-41-37-34-31-28-25-26-29-32-35-38-42-46-50-54-58-62-66-70-74-85-79(84)73-69-65-61-57-53-49-45-39-20-18-16-14-12-10-8-6-4-2/h67,71,76-77,81-82H,3-66,68-70,72-75H2,1-2H3,(H,80,83)/b71-67+. The van der Waals surface area contributed by atoms with Crippen LogP contribution < -0.4 is 5.32 Å². The van der Waals surface area contributed by atoms with E-state index < -0.39 is 12.1 Å². The van der Waals surface area contributed by atoms with Crippen LogP contribution in [0.4, 0.5) is 0 Å². The molecule has 0 saturated carbocycles. The molecule has 3 N–H and O–H groups in total. The topological polar surface area (TPSA) is 95.9 Å². The Morgan fingerprint density at radius 2 is 0.541 bits per heavy atom. The van der Waals surface area contributed by atoms with Gasteiger partial charge in [0, 0.05) is 12.8 Å². The molecule has 0 aliphatic carbocycles. The number of carbonyl (C=O) groups excluding carboxylic acids is 2. The van der Waals surface area contributed by atoms with Crippen molar-refractivity contribution in [1.29, 1.82) is 0 Å². The number of esters is 1. The molecule has 0 bridgehead atoms. The highest BCUT2D eigenvalue weighted by Crippen LogP contribution is 2.20. The van der Waals surface area contributed by atoms with E-state index in [1.807, 2.05) is 6.08 Å². The molecule has 506 valence electrons. The smallest absolute Gasteiger partial charge is 0.305 e. The van der Waals surface area contributed by atoms with Gasteiger partial charge in [-0.25, -0.2) is 0 Å². The maximum atomic E-state index is 12.6. The highest BCUT2D eigenvalue weighted by molar-refractivity contribution is 5.76. The van der Waals surface area contributed by atoms with Crippen molar-refractivity contribution >= 4 is 11.9 Å². The summed E-state index contributed by atoms with van der Waals surface area (Å²) < 4.78 is 5.51. The van der Waals surface area contributed by atoms with Gasteiger partial charge in [0.2, 0.25) is 5.91 Å². The van der Waals surface area contributed by atoms with Crippen molar-refractivity contribution in [2.24, 2.45) is 0 Å². The van der Waals surface area contributed by atoms with E-state index in [0.717, 1.165) is 38.5 Å². The maximum Gasteiger partial charge on any atom is 0.305 e. The van der Waals surface area contributed by atoms with Crippen molar-refractivity contribution in [2.45, 2.75) is 469 Å². The zero-order valence-electron chi connectivity index (χ0n) is 58.1. The first-order chi connectivity index (χ1) is 42.0. The van der Waals surface area contributed by atoms with Crippen molar-refractivity contribution in [1.82, 2.24) is 5.32 Å². The predicted molar refractivity (Wildman–Crippen MR) is 375 cm³/mol. The molecule has 1 amide bonds. The Labute approximate surface area is 533 Å². The number of carbonyl (C=O) groups is 2. The van der Waals surface area contributed by atoms with Crippen LogP contribution in [0.3, 0.4) is 0 Å². The lowest BCUT2D eigenvalue weighted by molar-refractivity contribution is -0.143. The minimum atomic E-state index is -0.844. The summed E-state index contributed by atoms with van der Waals surface area (Å²) in [5, 5.41) is 23.3. The molecule has 6 heteroatoms. The fourth-order valence-electron chi connectivity index (χ4n) is 12.8. The van der Waals surface area contributed by atoms with Crippen molar-refractivity contribution in [3.8, 4) is 0 Å². The molecule has 0 aliphatic heterocycles. The van der Waals surface area contributed by atoms with E-state index in [-0.39, 0.29) is 18.5 Å². The van der Waals surface area contributed by atoms with Crippen LogP contribution in [0.25, 0.3) is 0 Å². The number of rotatable bonds is 75. The Morgan fingerprint density at radius 1 is 0.318 bits per heavy atom. The SMILES string of the molecule is CCCCCCCCCCCCCCCCCCCCCCCCC/C=C/C(O)C(CO)NC(=O)CCCCCCCCCCCCCCCCCCCCCCCCCCCCOC(=O)CCCCCCCCCCCCCCCCCCC.